The van der Waals surface area contributed by atoms with Crippen molar-refractivity contribution in [2.75, 3.05) is 19.6 Å². The van der Waals surface area contributed by atoms with Gasteiger partial charge in [-0.3, -0.25) is 19.7 Å². The lowest BCUT2D eigenvalue weighted by Gasteiger charge is -2.37. The normalized spacial score (nSPS) is 18.1. The van der Waals surface area contributed by atoms with Crippen LogP contribution < -0.4 is 10.6 Å². The summed E-state index contributed by atoms with van der Waals surface area (Å²) >= 11 is 0. The van der Waals surface area contributed by atoms with Crippen LogP contribution in [-0.2, 0) is 16.9 Å². The van der Waals surface area contributed by atoms with Crippen LogP contribution in [0.5, 0.6) is 0 Å². The predicted molar refractivity (Wildman–Crippen MR) is 110 cm³/mol. The zero-order valence-electron chi connectivity index (χ0n) is 17.1. The van der Waals surface area contributed by atoms with Crippen LogP contribution >= 0.6 is 0 Å². The minimum absolute atomic E-state index is 0.0181. The fourth-order valence-corrected chi connectivity index (χ4v) is 3.89. The maximum absolute atomic E-state index is 13.2. The van der Waals surface area contributed by atoms with E-state index in [1.807, 2.05) is 36.7 Å². The van der Waals surface area contributed by atoms with E-state index >= 15 is 0 Å². The van der Waals surface area contributed by atoms with Crippen LogP contribution in [0, 0.1) is 6.92 Å². The zero-order valence-corrected chi connectivity index (χ0v) is 17.1. The lowest BCUT2D eigenvalue weighted by Crippen LogP contribution is -2.59. The predicted octanol–water partition coefficient (Wildman–Crippen LogP) is 1.26. The SMILES string of the molecule is Cc1cccn2c(C(C)(C)NC(=O)C3CNCCN3Cc3cnccn3)ncc12. The van der Waals surface area contributed by atoms with E-state index in [9.17, 15) is 4.79 Å². The third kappa shape index (κ3) is 3.99. The average Bonchev–Trinajstić information content (AvgIpc) is 3.15. The molecule has 8 heteroatoms. The van der Waals surface area contributed by atoms with Crippen LogP contribution in [0.4, 0.5) is 0 Å². The summed E-state index contributed by atoms with van der Waals surface area (Å²) in [6.45, 7) is 8.86. The topological polar surface area (TPSA) is 87.5 Å². The summed E-state index contributed by atoms with van der Waals surface area (Å²) in [5.74, 6) is 0.796. The van der Waals surface area contributed by atoms with E-state index in [1.165, 1.54) is 0 Å². The molecular formula is C21H27N7O. The van der Waals surface area contributed by atoms with Gasteiger partial charge in [-0.15, -0.1) is 0 Å². The number of aryl methyl sites for hydroxylation is 1. The molecule has 0 bridgehead atoms. The number of pyridine rings is 1. The van der Waals surface area contributed by atoms with Crippen LogP contribution in [0.15, 0.2) is 43.1 Å². The van der Waals surface area contributed by atoms with Gasteiger partial charge in [0.1, 0.15) is 11.9 Å². The van der Waals surface area contributed by atoms with Gasteiger partial charge in [0.15, 0.2) is 0 Å². The molecule has 0 spiro atoms. The van der Waals surface area contributed by atoms with E-state index in [0.29, 0.717) is 13.1 Å². The molecule has 0 saturated carbocycles. The molecule has 1 aliphatic heterocycles. The molecule has 3 aromatic heterocycles. The van der Waals surface area contributed by atoms with E-state index < -0.39 is 5.54 Å². The highest BCUT2D eigenvalue weighted by molar-refractivity contribution is 5.83. The summed E-state index contributed by atoms with van der Waals surface area (Å²) in [6.07, 6.45) is 8.94. The molecule has 1 unspecified atom stereocenters. The van der Waals surface area contributed by atoms with Gasteiger partial charge < -0.3 is 15.0 Å². The number of carbonyl (C=O) groups excluding carboxylic acids is 1. The Morgan fingerprint density at radius 1 is 1.31 bits per heavy atom. The Balaban J connectivity index is 1.53. The quantitative estimate of drug-likeness (QED) is 0.679. The number of piperazine rings is 1. The molecule has 1 amide bonds. The van der Waals surface area contributed by atoms with Crippen LogP contribution in [-0.4, -0.2) is 55.8 Å². The van der Waals surface area contributed by atoms with Gasteiger partial charge in [0.05, 0.1) is 22.9 Å². The Bertz CT molecular complexity index is 999. The largest absolute Gasteiger partial charge is 0.343 e. The number of aromatic nitrogens is 4. The van der Waals surface area contributed by atoms with Crippen molar-refractivity contribution in [2.24, 2.45) is 0 Å². The Hall–Kier alpha value is -2.84. The van der Waals surface area contributed by atoms with Gasteiger partial charge in [0.2, 0.25) is 5.91 Å². The lowest BCUT2D eigenvalue weighted by atomic mass is 10.0. The number of imidazole rings is 1. The Morgan fingerprint density at radius 2 is 2.17 bits per heavy atom. The second-order valence-electron chi connectivity index (χ2n) is 8.03. The Kier molecular flexibility index (Phi) is 5.29. The van der Waals surface area contributed by atoms with E-state index in [1.54, 1.807) is 18.6 Å². The van der Waals surface area contributed by atoms with Crippen molar-refractivity contribution >= 4 is 11.4 Å². The average molecular weight is 393 g/mol. The zero-order chi connectivity index (χ0) is 20.4. The van der Waals surface area contributed by atoms with Crippen LogP contribution in [0.2, 0.25) is 0 Å². The van der Waals surface area contributed by atoms with Crippen molar-refractivity contribution < 1.29 is 4.79 Å². The fraction of sp³-hybridized carbons (Fsp3) is 0.429. The molecule has 4 heterocycles. The molecule has 152 valence electrons. The van der Waals surface area contributed by atoms with Gasteiger partial charge in [-0.2, -0.15) is 0 Å². The summed E-state index contributed by atoms with van der Waals surface area (Å²) in [5, 5.41) is 6.55. The summed E-state index contributed by atoms with van der Waals surface area (Å²) < 4.78 is 2.05. The number of hydrogen-bond donors (Lipinski definition) is 2. The maximum Gasteiger partial charge on any atom is 0.239 e. The highest BCUT2D eigenvalue weighted by Gasteiger charge is 2.34. The summed E-state index contributed by atoms with van der Waals surface area (Å²) in [4.78, 5) is 28.5. The van der Waals surface area contributed by atoms with Crippen molar-refractivity contribution in [3.63, 3.8) is 0 Å². The Labute approximate surface area is 170 Å². The molecule has 4 rings (SSSR count). The number of rotatable bonds is 5. The molecule has 1 saturated heterocycles. The number of carbonyl (C=O) groups is 1. The number of nitrogens with zero attached hydrogens (tertiary/aromatic N) is 5. The molecule has 29 heavy (non-hydrogen) atoms. The first-order valence-corrected chi connectivity index (χ1v) is 9.90. The van der Waals surface area contributed by atoms with Gasteiger partial charge in [-0.25, -0.2) is 4.98 Å². The standard InChI is InChI=1S/C21H27N7O/c1-15-5-4-9-28-17(15)13-25-20(28)21(2,3)26-19(29)18-12-23-8-10-27(18)14-16-11-22-6-7-24-16/h4-7,9,11,13,18,23H,8,10,12,14H2,1-3H3,(H,26,29). The minimum Gasteiger partial charge on any atom is -0.343 e. The summed E-state index contributed by atoms with van der Waals surface area (Å²) in [7, 11) is 0. The smallest absolute Gasteiger partial charge is 0.239 e. The first-order chi connectivity index (χ1) is 14.0. The lowest BCUT2D eigenvalue weighted by molar-refractivity contribution is -0.129. The molecule has 8 nitrogen and oxygen atoms in total. The first-order valence-electron chi connectivity index (χ1n) is 9.90. The van der Waals surface area contributed by atoms with Crippen molar-refractivity contribution in [1.29, 1.82) is 0 Å². The fourth-order valence-electron chi connectivity index (χ4n) is 3.89. The molecule has 0 radical (unpaired) electrons. The third-order valence-electron chi connectivity index (χ3n) is 5.42. The van der Waals surface area contributed by atoms with Gasteiger partial charge in [-0.05, 0) is 32.4 Å². The summed E-state index contributed by atoms with van der Waals surface area (Å²) in [5.41, 5.74) is 2.45. The van der Waals surface area contributed by atoms with Gasteiger partial charge in [-0.1, -0.05) is 6.07 Å². The highest BCUT2D eigenvalue weighted by atomic mass is 16.2. The van der Waals surface area contributed by atoms with E-state index in [4.69, 9.17) is 0 Å². The number of fused-ring (bicyclic) bond motifs is 1. The van der Waals surface area contributed by atoms with Crippen molar-refractivity contribution in [3.8, 4) is 0 Å². The first kappa shape index (κ1) is 19.5. The van der Waals surface area contributed by atoms with E-state index in [-0.39, 0.29) is 11.9 Å². The molecule has 2 N–H and O–H groups in total. The second kappa shape index (κ2) is 7.88. The Morgan fingerprint density at radius 3 is 2.97 bits per heavy atom. The van der Waals surface area contributed by atoms with Crippen LogP contribution in [0.1, 0.15) is 30.9 Å². The third-order valence-corrected chi connectivity index (χ3v) is 5.42. The number of hydrogen-bond acceptors (Lipinski definition) is 6. The molecule has 1 atom stereocenters. The molecule has 1 aliphatic rings. The van der Waals surface area contributed by atoms with Gasteiger partial charge in [0, 0.05) is 51.0 Å². The molecule has 3 aromatic rings. The molecule has 0 aromatic carbocycles. The van der Waals surface area contributed by atoms with Crippen molar-refractivity contribution in [3.05, 3.63) is 60.2 Å². The molecule has 0 aliphatic carbocycles. The van der Waals surface area contributed by atoms with E-state index in [2.05, 4.69) is 43.5 Å². The minimum atomic E-state index is -0.618. The van der Waals surface area contributed by atoms with Crippen LogP contribution in [0.25, 0.3) is 5.52 Å². The van der Waals surface area contributed by atoms with Gasteiger partial charge in [0.25, 0.3) is 0 Å². The molecule has 1 fully saturated rings. The molecular weight excluding hydrogens is 366 g/mol. The second-order valence-corrected chi connectivity index (χ2v) is 8.03. The van der Waals surface area contributed by atoms with Crippen molar-refractivity contribution in [1.82, 2.24) is 34.9 Å². The van der Waals surface area contributed by atoms with Crippen LogP contribution in [0.3, 0.4) is 0 Å². The highest BCUT2D eigenvalue weighted by Crippen LogP contribution is 2.22. The van der Waals surface area contributed by atoms with Gasteiger partial charge >= 0.3 is 0 Å². The van der Waals surface area contributed by atoms with E-state index in [0.717, 1.165) is 35.7 Å². The monoisotopic (exact) mass is 393 g/mol. The summed E-state index contributed by atoms with van der Waals surface area (Å²) in [6, 6.07) is 3.78. The number of amides is 1. The van der Waals surface area contributed by atoms with Crippen molar-refractivity contribution in [2.45, 2.75) is 38.9 Å². The number of nitrogens with one attached hydrogen (secondary N) is 2. The maximum atomic E-state index is 13.2.